The van der Waals surface area contributed by atoms with Crippen LogP contribution in [0, 0.1) is 0 Å². The third-order valence-electron chi connectivity index (χ3n) is 3.32. The quantitative estimate of drug-likeness (QED) is 0.696. The molecule has 0 atom stereocenters. The molecule has 0 bridgehead atoms. The summed E-state index contributed by atoms with van der Waals surface area (Å²) in [6.45, 7) is 0. The van der Waals surface area contributed by atoms with Crippen molar-refractivity contribution in [3.8, 4) is 5.75 Å². The number of hydrogen-bond donors (Lipinski definition) is 0. The van der Waals surface area contributed by atoms with E-state index >= 15 is 0 Å². The van der Waals surface area contributed by atoms with Crippen molar-refractivity contribution in [2.75, 3.05) is 19.1 Å². The van der Waals surface area contributed by atoms with Crippen LogP contribution in [0.2, 0.25) is 5.28 Å². The molecule has 0 spiro atoms. The number of rotatable bonds is 3. The van der Waals surface area contributed by atoms with Crippen molar-refractivity contribution >= 4 is 34.1 Å². The van der Waals surface area contributed by atoms with Crippen molar-refractivity contribution in [2.24, 2.45) is 7.05 Å². The van der Waals surface area contributed by atoms with Gasteiger partial charge in [-0.2, -0.15) is 10.1 Å². The fourth-order valence-electron chi connectivity index (χ4n) is 2.19. The molecule has 2 aromatic heterocycles. The highest BCUT2D eigenvalue weighted by Gasteiger charge is 2.16. The van der Waals surface area contributed by atoms with Crippen molar-refractivity contribution in [3.63, 3.8) is 0 Å². The maximum atomic E-state index is 6.01. The maximum absolute atomic E-state index is 6.01. The predicted molar refractivity (Wildman–Crippen MR) is 82.4 cm³/mol. The van der Waals surface area contributed by atoms with Gasteiger partial charge in [0.15, 0.2) is 5.82 Å². The first kappa shape index (κ1) is 13.6. The average Bonchev–Trinajstić information content (AvgIpc) is 2.87. The van der Waals surface area contributed by atoms with E-state index in [1.807, 2.05) is 43.3 Å². The molecule has 0 saturated carbocycles. The zero-order chi connectivity index (χ0) is 15.0. The second-order valence-corrected chi connectivity index (χ2v) is 4.91. The Morgan fingerprint density at radius 1 is 1.19 bits per heavy atom. The summed E-state index contributed by atoms with van der Waals surface area (Å²) in [6.07, 6.45) is 1.67. The molecule has 108 valence electrons. The second kappa shape index (κ2) is 5.21. The van der Waals surface area contributed by atoms with Crippen molar-refractivity contribution in [3.05, 3.63) is 35.7 Å². The highest BCUT2D eigenvalue weighted by molar-refractivity contribution is 6.28. The van der Waals surface area contributed by atoms with Crippen molar-refractivity contribution in [2.45, 2.75) is 0 Å². The number of methoxy groups -OCH3 is 1. The van der Waals surface area contributed by atoms with Gasteiger partial charge < -0.3 is 9.64 Å². The Morgan fingerprint density at radius 2 is 1.90 bits per heavy atom. The minimum absolute atomic E-state index is 0.200. The Kier molecular flexibility index (Phi) is 3.39. The summed E-state index contributed by atoms with van der Waals surface area (Å²) in [5.74, 6) is 1.51. The molecule has 1 aromatic carbocycles. The Bertz CT molecular complexity index is 784. The molecule has 0 amide bonds. The molecule has 7 heteroatoms. The topological polar surface area (TPSA) is 56.1 Å². The monoisotopic (exact) mass is 303 g/mol. The lowest BCUT2D eigenvalue weighted by Gasteiger charge is -2.19. The first-order chi connectivity index (χ1) is 10.1. The van der Waals surface area contributed by atoms with E-state index in [4.69, 9.17) is 16.3 Å². The summed E-state index contributed by atoms with van der Waals surface area (Å²) in [5, 5.41) is 4.41. The second-order valence-electron chi connectivity index (χ2n) is 4.58. The molecule has 3 aromatic rings. The van der Waals surface area contributed by atoms with Gasteiger partial charge in [-0.25, -0.2) is 4.98 Å². The van der Waals surface area contributed by atoms with E-state index in [1.165, 1.54) is 0 Å². The fraction of sp³-hybridized carbons (Fsp3) is 0.214. The number of hydrogen-bond acceptors (Lipinski definition) is 5. The van der Waals surface area contributed by atoms with E-state index in [0.717, 1.165) is 17.0 Å². The van der Waals surface area contributed by atoms with Gasteiger partial charge in [0.2, 0.25) is 5.28 Å². The first-order valence-corrected chi connectivity index (χ1v) is 6.71. The van der Waals surface area contributed by atoms with Crippen LogP contribution in [0.1, 0.15) is 0 Å². The normalized spacial score (nSPS) is 10.9. The standard InChI is InChI=1S/C14H14ClN5O/c1-19(9-4-6-10(21-3)7-5-9)13-12-11(8-16-20(12)2)17-14(15)18-13/h4-8H,1-3H3. The average molecular weight is 304 g/mol. The number of anilines is 2. The molecule has 2 heterocycles. The minimum Gasteiger partial charge on any atom is -0.497 e. The van der Waals surface area contributed by atoms with Crippen molar-refractivity contribution in [1.82, 2.24) is 19.7 Å². The van der Waals surface area contributed by atoms with Gasteiger partial charge in [0.25, 0.3) is 0 Å². The van der Waals surface area contributed by atoms with E-state index in [1.54, 1.807) is 18.0 Å². The van der Waals surface area contributed by atoms with Gasteiger partial charge in [-0.3, -0.25) is 4.68 Å². The Labute approximate surface area is 126 Å². The van der Waals surface area contributed by atoms with Gasteiger partial charge in [-0.05, 0) is 35.9 Å². The van der Waals surface area contributed by atoms with Gasteiger partial charge in [-0.15, -0.1) is 0 Å². The molecule has 0 saturated heterocycles. The molecule has 6 nitrogen and oxygen atoms in total. The summed E-state index contributed by atoms with van der Waals surface area (Å²) >= 11 is 6.01. The Balaban J connectivity index is 2.11. The summed E-state index contributed by atoms with van der Waals surface area (Å²) < 4.78 is 6.91. The van der Waals surface area contributed by atoms with Crippen LogP contribution in [-0.4, -0.2) is 33.9 Å². The van der Waals surface area contributed by atoms with Crippen LogP contribution in [0.15, 0.2) is 30.5 Å². The molecule has 0 radical (unpaired) electrons. The molecule has 0 fully saturated rings. The van der Waals surface area contributed by atoms with Gasteiger partial charge in [-0.1, -0.05) is 0 Å². The third kappa shape index (κ3) is 2.38. The van der Waals surface area contributed by atoms with Crippen LogP contribution in [0.4, 0.5) is 11.5 Å². The number of ether oxygens (including phenoxy) is 1. The third-order valence-corrected chi connectivity index (χ3v) is 3.49. The van der Waals surface area contributed by atoms with E-state index in [2.05, 4.69) is 15.1 Å². The molecule has 0 aliphatic carbocycles. The SMILES string of the molecule is COc1ccc(N(C)c2nc(Cl)nc3cnn(C)c23)cc1. The number of aryl methyl sites for hydroxylation is 1. The number of aromatic nitrogens is 4. The summed E-state index contributed by atoms with van der Waals surface area (Å²) in [4.78, 5) is 10.5. The van der Waals surface area contributed by atoms with Crippen LogP contribution >= 0.6 is 11.6 Å². The van der Waals surface area contributed by atoms with Crippen molar-refractivity contribution < 1.29 is 4.74 Å². The summed E-state index contributed by atoms with van der Waals surface area (Å²) in [6, 6.07) is 7.71. The van der Waals surface area contributed by atoms with E-state index in [9.17, 15) is 0 Å². The Morgan fingerprint density at radius 3 is 2.57 bits per heavy atom. The summed E-state index contributed by atoms with van der Waals surface area (Å²) in [5.41, 5.74) is 2.51. The van der Waals surface area contributed by atoms with E-state index in [0.29, 0.717) is 11.3 Å². The van der Waals surface area contributed by atoms with Gasteiger partial charge in [0.1, 0.15) is 16.8 Å². The fourth-order valence-corrected chi connectivity index (χ4v) is 2.36. The maximum Gasteiger partial charge on any atom is 0.225 e. The zero-order valence-electron chi connectivity index (χ0n) is 11.9. The Hall–Kier alpha value is -2.34. The number of fused-ring (bicyclic) bond motifs is 1. The molecular weight excluding hydrogens is 290 g/mol. The minimum atomic E-state index is 0.200. The van der Waals surface area contributed by atoms with Crippen LogP contribution in [-0.2, 0) is 7.05 Å². The number of nitrogens with zero attached hydrogens (tertiary/aromatic N) is 5. The van der Waals surface area contributed by atoms with Crippen LogP contribution in [0.3, 0.4) is 0 Å². The lowest BCUT2D eigenvalue weighted by molar-refractivity contribution is 0.415. The number of benzene rings is 1. The highest BCUT2D eigenvalue weighted by atomic mass is 35.5. The predicted octanol–water partition coefficient (Wildman–Crippen LogP) is 2.79. The molecule has 0 N–H and O–H groups in total. The van der Waals surface area contributed by atoms with Gasteiger partial charge in [0, 0.05) is 19.8 Å². The molecule has 0 aliphatic rings. The lowest BCUT2D eigenvalue weighted by atomic mass is 10.2. The molecular formula is C14H14ClN5O. The van der Waals surface area contributed by atoms with Crippen molar-refractivity contribution in [1.29, 1.82) is 0 Å². The largest absolute Gasteiger partial charge is 0.497 e. The molecule has 0 unspecified atom stereocenters. The van der Waals surface area contributed by atoms with Crippen LogP contribution in [0.25, 0.3) is 11.0 Å². The lowest BCUT2D eigenvalue weighted by Crippen LogP contribution is -2.13. The molecule has 0 aliphatic heterocycles. The van der Waals surface area contributed by atoms with Crippen LogP contribution in [0.5, 0.6) is 5.75 Å². The number of halogens is 1. The van der Waals surface area contributed by atoms with E-state index < -0.39 is 0 Å². The van der Waals surface area contributed by atoms with Gasteiger partial charge in [0.05, 0.1) is 13.3 Å². The van der Waals surface area contributed by atoms with Crippen LogP contribution < -0.4 is 9.64 Å². The zero-order valence-corrected chi connectivity index (χ0v) is 12.7. The highest BCUT2D eigenvalue weighted by Crippen LogP contribution is 2.30. The summed E-state index contributed by atoms with van der Waals surface area (Å²) in [7, 11) is 5.42. The molecule has 21 heavy (non-hydrogen) atoms. The van der Waals surface area contributed by atoms with Gasteiger partial charge >= 0.3 is 0 Å². The molecule has 3 rings (SSSR count). The smallest absolute Gasteiger partial charge is 0.225 e. The van der Waals surface area contributed by atoms with E-state index in [-0.39, 0.29) is 5.28 Å². The first-order valence-electron chi connectivity index (χ1n) is 6.33.